The zero-order chi connectivity index (χ0) is 36.2. The second-order valence-electron chi connectivity index (χ2n) is 15.3. The van der Waals surface area contributed by atoms with E-state index in [1.54, 1.807) is 0 Å². The van der Waals surface area contributed by atoms with Crippen LogP contribution in [0, 0.1) is 0 Å². The summed E-state index contributed by atoms with van der Waals surface area (Å²) in [5, 5.41) is 0. The summed E-state index contributed by atoms with van der Waals surface area (Å²) in [6.07, 6.45) is 1.70. The molecule has 0 bridgehead atoms. The monoisotopic (exact) mass is 691 g/mol. The van der Waals surface area contributed by atoms with Crippen molar-refractivity contribution in [1.29, 1.82) is 0 Å². The molecule has 0 aliphatic heterocycles. The second-order valence-corrected chi connectivity index (χ2v) is 15.3. The van der Waals surface area contributed by atoms with Crippen molar-refractivity contribution in [3.05, 3.63) is 221 Å². The normalized spacial score (nSPS) is 13.4. The van der Waals surface area contributed by atoms with Crippen LogP contribution in [0.2, 0.25) is 0 Å². The lowest BCUT2D eigenvalue weighted by atomic mass is 9.82. The van der Waals surface area contributed by atoms with Crippen molar-refractivity contribution in [3.8, 4) is 44.5 Å². The molecule has 8 aromatic rings. The zero-order valence-corrected chi connectivity index (χ0v) is 30.8. The predicted octanol–water partition coefficient (Wildman–Crippen LogP) is 14.0. The maximum absolute atomic E-state index is 2.49. The number of hydrogen-bond donors (Lipinski definition) is 0. The van der Waals surface area contributed by atoms with Crippen molar-refractivity contribution >= 4 is 17.1 Å². The van der Waals surface area contributed by atoms with E-state index in [0.717, 1.165) is 29.9 Å². The lowest BCUT2D eigenvalue weighted by Crippen LogP contribution is -2.17. The fourth-order valence-electron chi connectivity index (χ4n) is 9.14. The summed E-state index contributed by atoms with van der Waals surface area (Å²) in [7, 11) is 0. The van der Waals surface area contributed by atoms with Gasteiger partial charge in [0, 0.05) is 22.4 Å². The molecule has 0 aromatic heterocycles. The van der Waals surface area contributed by atoms with Gasteiger partial charge in [-0.25, -0.2) is 0 Å². The van der Waals surface area contributed by atoms with E-state index in [9.17, 15) is 0 Å². The van der Waals surface area contributed by atoms with Crippen molar-refractivity contribution in [3.63, 3.8) is 0 Å². The first kappa shape index (κ1) is 32.2. The highest BCUT2D eigenvalue weighted by atomic mass is 15.1. The maximum Gasteiger partial charge on any atom is 0.0540 e. The molecule has 2 aliphatic carbocycles. The van der Waals surface area contributed by atoms with Crippen LogP contribution in [0.15, 0.2) is 188 Å². The zero-order valence-electron chi connectivity index (χ0n) is 30.8. The van der Waals surface area contributed by atoms with Gasteiger partial charge in [0.1, 0.15) is 0 Å². The van der Waals surface area contributed by atoms with Crippen LogP contribution < -0.4 is 4.90 Å². The number of anilines is 3. The third-order valence-electron chi connectivity index (χ3n) is 11.8. The molecule has 54 heavy (non-hydrogen) atoms. The highest BCUT2D eigenvalue weighted by Crippen LogP contribution is 2.51. The SMILES string of the molecule is CC1(C)c2ccccc2-c2ccc(N(c3ccc4c(c3)Cc3ccccc3-c3ccccc3Cc3ccccc3-4)c3ccccc3-c3ccccc3)cc21. The first-order valence-electron chi connectivity index (χ1n) is 19.1. The maximum atomic E-state index is 2.49. The van der Waals surface area contributed by atoms with Gasteiger partial charge >= 0.3 is 0 Å². The van der Waals surface area contributed by atoms with Crippen LogP contribution in [0.1, 0.15) is 47.2 Å². The van der Waals surface area contributed by atoms with E-state index in [1.165, 1.54) is 77.9 Å². The molecule has 10 rings (SSSR count). The molecule has 0 heterocycles. The molecule has 0 spiro atoms. The number of fused-ring (bicyclic) bond motifs is 9. The first-order valence-corrected chi connectivity index (χ1v) is 19.1. The molecule has 2 aliphatic rings. The summed E-state index contributed by atoms with van der Waals surface area (Å²) in [5.41, 5.74) is 21.8. The van der Waals surface area contributed by atoms with Gasteiger partial charge in [0.15, 0.2) is 0 Å². The van der Waals surface area contributed by atoms with Gasteiger partial charge in [-0.15, -0.1) is 0 Å². The molecule has 0 fully saturated rings. The van der Waals surface area contributed by atoms with Gasteiger partial charge in [-0.3, -0.25) is 0 Å². The van der Waals surface area contributed by atoms with Crippen molar-refractivity contribution in [1.82, 2.24) is 0 Å². The second kappa shape index (κ2) is 12.9. The summed E-state index contributed by atoms with van der Waals surface area (Å²) >= 11 is 0. The Bertz CT molecular complexity index is 2700. The standard InChI is InChI=1S/C53H41N/c1-53(2)50-26-14-12-25-48(50)49-31-29-42(35-51(49)53)54(52-27-15-13-24-47(52)36-16-4-3-5-17-36)41-28-30-46-40(34-41)33-39-20-8-10-22-44(39)43-21-9-6-18-37(43)32-38-19-7-11-23-45(38)46/h3-31,34-35H,32-33H2,1-2H3. The van der Waals surface area contributed by atoms with Crippen LogP contribution in [0.3, 0.4) is 0 Å². The van der Waals surface area contributed by atoms with Gasteiger partial charge in [0.2, 0.25) is 0 Å². The largest absolute Gasteiger partial charge is 0.310 e. The summed E-state index contributed by atoms with van der Waals surface area (Å²) in [4.78, 5) is 2.49. The average molecular weight is 692 g/mol. The van der Waals surface area contributed by atoms with Crippen LogP contribution in [-0.2, 0) is 18.3 Å². The van der Waals surface area contributed by atoms with Crippen molar-refractivity contribution < 1.29 is 0 Å². The quantitative estimate of drug-likeness (QED) is 0.178. The van der Waals surface area contributed by atoms with Gasteiger partial charge in [0.25, 0.3) is 0 Å². The third kappa shape index (κ3) is 5.31. The Kier molecular flexibility index (Phi) is 7.70. The predicted molar refractivity (Wildman–Crippen MR) is 227 cm³/mol. The summed E-state index contributed by atoms with van der Waals surface area (Å²) in [5.74, 6) is 0. The Labute approximate surface area is 318 Å². The molecule has 0 amide bonds. The number of hydrogen-bond acceptors (Lipinski definition) is 1. The van der Waals surface area contributed by atoms with Crippen LogP contribution >= 0.6 is 0 Å². The molecule has 0 atom stereocenters. The molecule has 0 radical (unpaired) electrons. The lowest BCUT2D eigenvalue weighted by molar-refractivity contribution is 0.660. The average Bonchev–Trinajstić information content (AvgIpc) is 3.45. The lowest BCUT2D eigenvalue weighted by Gasteiger charge is -2.31. The fraction of sp³-hybridized carbons (Fsp3) is 0.0943. The summed E-state index contributed by atoms with van der Waals surface area (Å²) < 4.78 is 0. The third-order valence-corrected chi connectivity index (χ3v) is 11.8. The molecule has 1 nitrogen and oxygen atoms in total. The minimum absolute atomic E-state index is 0.112. The fourth-order valence-corrected chi connectivity index (χ4v) is 9.14. The van der Waals surface area contributed by atoms with Gasteiger partial charge in [0.05, 0.1) is 5.69 Å². The molecule has 1 heteroatoms. The highest BCUT2D eigenvalue weighted by molar-refractivity contribution is 5.91. The van der Waals surface area contributed by atoms with Crippen LogP contribution in [0.5, 0.6) is 0 Å². The Morgan fingerprint density at radius 3 is 1.44 bits per heavy atom. The molecular weight excluding hydrogens is 651 g/mol. The Hall–Kier alpha value is -6.44. The van der Waals surface area contributed by atoms with Gasteiger partial charge in [-0.2, -0.15) is 0 Å². The minimum atomic E-state index is -0.112. The number of nitrogens with zero attached hydrogens (tertiary/aromatic N) is 1. The minimum Gasteiger partial charge on any atom is -0.310 e. The topological polar surface area (TPSA) is 3.24 Å². The Balaban J connectivity index is 1.21. The van der Waals surface area contributed by atoms with Gasteiger partial charge in [-0.1, -0.05) is 172 Å². The first-order chi connectivity index (χ1) is 26.5. The molecule has 0 N–H and O–H groups in total. The van der Waals surface area contributed by atoms with Crippen molar-refractivity contribution in [2.45, 2.75) is 32.1 Å². The van der Waals surface area contributed by atoms with E-state index in [1.807, 2.05) is 0 Å². The Morgan fingerprint density at radius 1 is 0.352 bits per heavy atom. The van der Waals surface area contributed by atoms with E-state index in [-0.39, 0.29) is 5.41 Å². The molecule has 8 aromatic carbocycles. The van der Waals surface area contributed by atoms with Crippen LogP contribution in [0.25, 0.3) is 44.5 Å². The van der Waals surface area contributed by atoms with Crippen molar-refractivity contribution in [2.24, 2.45) is 0 Å². The highest BCUT2D eigenvalue weighted by Gasteiger charge is 2.36. The molecule has 0 saturated heterocycles. The summed E-state index contributed by atoms with van der Waals surface area (Å²) in [6, 6.07) is 69.8. The number of benzene rings is 8. The van der Waals surface area contributed by atoms with Crippen LogP contribution in [-0.4, -0.2) is 0 Å². The summed E-state index contributed by atoms with van der Waals surface area (Å²) in [6.45, 7) is 4.74. The van der Waals surface area contributed by atoms with Gasteiger partial charge < -0.3 is 4.90 Å². The smallest absolute Gasteiger partial charge is 0.0540 e. The number of para-hydroxylation sites is 1. The van der Waals surface area contributed by atoms with E-state index >= 15 is 0 Å². The molecular formula is C53H41N. The van der Waals surface area contributed by atoms with Crippen LogP contribution in [0.4, 0.5) is 17.1 Å². The van der Waals surface area contributed by atoms with E-state index in [0.29, 0.717) is 0 Å². The Morgan fingerprint density at radius 2 is 0.796 bits per heavy atom. The molecule has 0 unspecified atom stereocenters. The van der Waals surface area contributed by atoms with Crippen molar-refractivity contribution in [2.75, 3.05) is 4.90 Å². The van der Waals surface area contributed by atoms with Gasteiger partial charge in [-0.05, 0) is 115 Å². The molecule has 258 valence electrons. The van der Waals surface area contributed by atoms with E-state index in [4.69, 9.17) is 0 Å². The molecule has 0 saturated carbocycles. The number of rotatable bonds is 4. The van der Waals surface area contributed by atoms with E-state index in [2.05, 4.69) is 207 Å². The van der Waals surface area contributed by atoms with E-state index < -0.39 is 0 Å².